The summed E-state index contributed by atoms with van der Waals surface area (Å²) in [5.74, 6) is 0.406. The van der Waals surface area contributed by atoms with Gasteiger partial charge in [0.2, 0.25) is 0 Å². The van der Waals surface area contributed by atoms with Crippen LogP contribution in [0.15, 0.2) is 30.6 Å². The van der Waals surface area contributed by atoms with E-state index in [0.717, 1.165) is 38.0 Å². The Bertz CT molecular complexity index is 813. The summed E-state index contributed by atoms with van der Waals surface area (Å²) in [6.07, 6.45) is 5.50. The fourth-order valence-corrected chi connectivity index (χ4v) is 2.93. The molecule has 3 heterocycles. The van der Waals surface area contributed by atoms with Gasteiger partial charge in [-0.1, -0.05) is 0 Å². The van der Waals surface area contributed by atoms with Crippen molar-refractivity contribution in [2.45, 2.75) is 19.4 Å². The van der Waals surface area contributed by atoms with Gasteiger partial charge in [-0.05, 0) is 45.1 Å². The Morgan fingerprint density at radius 3 is 2.79 bits per heavy atom. The van der Waals surface area contributed by atoms with E-state index < -0.39 is 0 Å². The number of pyridine rings is 2. The summed E-state index contributed by atoms with van der Waals surface area (Å²) in [6, 6.07) is 5.30. The van der Waals surface area contributed by atoms with Gasteiger partial charge in [-0.25, -0.2) is 9.78 Å². The maximum atomic E-state index is 12.1. The van der Waals surface area contributed by atoms with E-state index in [-0.39, 0.29) is 12.1 Å². The lowest BCUT2D eigenvalue weighted by Gasteiger charge is -2.14. The van der Waals surface area contributed by atoms with Gasteiger partial charge in [0.05, 0.1) is 11.9 Å². The number of aliphatic hydroxyl groups excluding tert-OH is 1. The van der Waals surface area contributed by atoms with Gasteiger partial charge in [0.1, 0.15) is 5.82 Å². The molecule has 150 valence electrons. The Balaban J connectivity index is 0.00000136. The summed E-state index contributed by atoms with van der Waals surface area (Å²) in [5, 5.41) is 23.5. The minimum atomic E-state index is -0.279. The maximum absolute atomic E-state index is 12.1. The molecular formula is C19H27N7O2. The molecule has 0 aliphatic carbocycles. The molecule has 0 saturated carbocycles. The summed E-state index contributed by atoms with van der Waals surface area (Å²) in [7, 11) is 3.04. The number of likely N-dealkylation sites (N-methyl/N-ethyl adjacent to an activating group) is 1. The molecule has 2 amide bonds. The van der Waals surface area contributed by atoms with E-state index in [0.29, 0.717) is 17.1 Å². The summed E-state index contributed by atoms with van der Waals surface area (Å²) in [4.78, 5) is 22.7. The standard InChI is InChI=1S/C18H23N7O.CH4O/c1-12-7-14(3-5-20-12)22-16-10-21-17(8-13(16)9-19)24-18(26)23-15-4-6-25(2)11-15;1-2/h3,5,7-10,15,19H,4,6,11H2,1-2H3,(H,20,22)(H2,21,23,24,26);2H,1H3. The second-order valence-corrected chi connectivity index (χ2v) is 6.46. The van der Waals surface area contributed by atoms with Crippen LogP contribution in [0.2, 0.25) is 0 Å². The third-order valence-electron chi connectivity index (χ3n) is 4.24. The second-order valence-electron chi connectivity index (χ2n) is 6.46. The van der Waals surface area contributed by atoms with Crippen LogP contribution in [-0.4, -0.2) is 65.5 Å². The first kappa shape index (κ1) is 21.3. The van der Waals surface area contributed by atoms with Gasteiger partial charge < -0.3 is 26.0 Å². The number of rotatable bonds is 5. The minimum absolute atomic E-state index is 0.151. The van der Waals surface area contributed by atoms with Crippen LogP contribution in [-0.2, 0) is 0 Å². The van der Waals surface area contributed by atoms with Crippen LogP contribution < -0.4 is 16.0 Å². The van der Waals surface area contributed by atoms with Gasteiger partial charge in [0.25, 0.3) is 0 Å². The number of urea groups is 1. The van der Waals surface area contributed by atoms with Crippen molar-refractivity contribution in [1.29, 1.82) is 5.41 Å². The zero-order valence-electron chi connectivity index (χ0n) is 16.4. The van der Waals surface area contributed by atoms with Crippen LogP contribution in [0.3, 0.4) is 0 Å². The van der Waals surface area contributed by atoms with Crippen molar-refractivity contribution in [3.63, 3.8) is 0 Å². The van der Waals surface area contributed by atoms with Gasteiger partial charge in [0.15, 0.2) is 0 Å². The van der Waals surface area contributed by atoms with E-state index in [1.54, 1.807) is 18.5 Å². The van der Waals surface area contributed by atoms with E-state index >= 15 is 0 Å². The molecule has 1 unspecified atom stereocenters. The number of amides is 2. The van der Waals surface area contributed by atoms with E-state index in [4.69, 9.17) is 10.5 Å². The highest BCUT2D eigenvalue weighted by molar-refractivity contribution is 5.92. The Hall–Kier alpha value is -3.04. The molecule has 0 bridgehead atoms. The molecule has 1 aliphatic rings. The molecule has 5 N–H and O–H groups in total. The predicted octanol–water partition coefficient (Wildman–Crippen LogP) is 1.96. The number of anilines is 3. The van der Waals surface area contributed by atoms with Gasteiger partial charge in [-0.15, -0.1) is 0 Å². The number of hydrogen-bond acceptors (Lipinski definition) is 7. The van der Waals surface area contributed by atoms with Crippen molar-refractivity contribution < 1.29 is 9.90 Å². The van der Waals surface area contributed by atoms with Crippen molar-refractivity contribution >= 4 is 29.4 Å². The number of aromatic nitrogens is 2. The molecule has 0 radical (unpaired) electrons. The fraction of sp³-hybridized carbons (Fsp3) is 0.368. The average Bonchev–Trinajstić information content (AvgIpc) is 3.09. The monoisotopic (exact) mass is 385 g/mol. The van der Waals surface area contributed by atoms with Gasteiger partial charge >= 0.3 is 6.03 Å². The summed E-state index contributed by atoms with van der Waals surface area (Å²) in [5.41, 5.74) is 3.08. The molecular weight excluding hydrogens is 358 g/mol. The molecule has 9 nitrogen and oxygen atoms in total. The molecule has 2 aromatic heterocycles. The second kappa shape index (κ2) is 10.3. The highest BCUT2D eigenvalue weighted by atomic mass is 16.2. The molecule has 9 heteroatoms. The first-order valence-electron chi connectivity index (χ1n) is 8.94. The molecule has 1 aliphatic heterocycles. The van der Waals surface area contributed by atoms with Crippen molar-refractivity contribution in [3.8, 4) is 0 Å². The van der Waals surface area contributed by atoms with Crippen molar-refractivity contribution in [1.82, 2.24) is 20.2 Å². The molecule has 28 heavy (non-hydrogen) atoms. The highest BCUT2D eigenvalue weighted by Gasteiger charge is 2.21. The number of carbonyl (C=O) groups excluding carboxylic acids is 1. The largest absolute Gasteiger partial charge is 0.400 e. The van der Waals surface area contributed by atoms with E-state index in [1.807, 2.05) is 26.1 Å². The number of nitrogens with zero attached hydrogens (tertiary/aromatic N) is 3. The smallest absolute Gasteiger partial charge is 0.320 e. The normalized spacial score (nSPS) is 15.9. The fourth-order valence-electron chi connectivity index (χ4n) is 2.93. The van der Waals surface area contributed by atoms with E-state index in [1.165, 1.54) is 6.21 Å². The lowest BCUT2D eigenvalue weighted by atomic mass is 10.2. The number of nitrogens with one attached hydrogen (secondary N) is 4. The number of carbonyl (C=O) groups is 1. The third kappa shape index (κ3) is 6.00. The third-order valence-corrected chi connectivity index (χ3v) is 4.24. The molecule has 1 fully saturated rings. The minimum Gasteiger partial charge on any atom is -0.400 e. The van der Waals surface area contributed by atoms with Crippen LogP contribution in [0.5, 0.6) is 0 Å². The lowest BCUT2D eigenvalue weighted by molar-refractivity contribution is 0.248. The Labute approximate surface area is 164 Å². The Morgan fingerprint density at radius 1 is 1.36 bits per heavy atom. The zero-order chi connectivity index (χ0) is 20.5. The van der Waals surface area contributed by atoms with E-state index in [9.17, 15) is 4.79 Å². The summed E-state index contributed by atoms with van der Waals surface area (Å²) >= 11 is 0. The maximum Gasteiger partial charge on any atom is 0.320 e. The molecule has 1 atom stereocenters. The number of likely N-dealkylation sites (tertiary alicyclic amines) is 1. The highest BCUT2D eigenvalue weighted by Crippen LogP contribution is 2.21. The molecule has 0 spiro atoms. The van der Waals surface area contributed by atoms with Crippen LogP contribution in [0.25, 0.3) is 0 Å². The number of aliphatic hydroxyl groups is 1. The van der Waals surface area contributed by atoms with Crippen LogP contribution in [0.4, 0.5) is 22.0 Å². The van der Waals surface area contributed by atoms with Gasteiger partial charge in [0, 0.05) is 49.1 Å². The predicted molar refractivity (Wildman–Crippen MR) is 111 cm³/mol. The van der Waals surface area contributed by atoms with Crippen LogP contribution >= 0.6 is 0 Å². The first-order chi connectivity index (χ1) is 13.5. The van der Waals surface area contributed by atoms with Gasteiger partial charge in [-0.2, -0.15) is 0 Å². The van der Waals surface area contributed by atoms with E-state index in [2.05, 4.69) is 30.8 Å². The molecule has 2 aromatic rings. The molecule has 1 saturated heterocycles. The zero-order valence-corrected chi connectivity index (χ0v) is 16.4. The first-order valence-corrected chi connectivity index (χ1v) is 8.94. The summed E-state index contributed by atoms with van der Waals surface area (Å²) < 4.78 is 0. The molecule has 3 rings (SSSR count). The number of hydrogen-bond donors (Lipinski definition) is 5. The quantitative estimate of drug-likeness (QED) is 0.501. The van der Waals surface area contributed by atoms with Crippen molar-refractivity contribution in [3.05, 3.63) is 41.9 Å². The van der Waals surface area contributed by atoms with Crippen molar-refractivity contribution in [2.75, 3.05) is 37.9 Å². The average molecular weight is 385 g/mol. The Kier molecular flexibility index (Phi) is 7.85. The van der Waals surface area contributed by atoms with Crippen LogP contribution in [0.1, 0.15) is 17.7 Å². The molecule has 0 aromatic carbocycles. The van der Waals surface area contributed by atoms with Crippen LogP contribution in [0, 0.1) is 12.3 Å². The summed E-state index contributed by atoms with van der Waals surface area (Å²) in [6.45, 7) is 3.74. The number of aryl methyl sites for hydroxylation is 1. The van der Waals surface area contributed by atoms with Gasteiger partial charge in [-0.3, -0.25) is 10.3 Å². The SMILES string of the molecule is CO.Cc1cc(Nc2cnc(NC(=O)NC3CCN(C)C3)cc2C=N)ccn1. The lowest BCUT2D eigenvalue weighted by Crippen LogP contribution is -2.39. The Morgan fingerprint density at radius 2 is 2.14 bits per heavy atom. The van der Waals surface area contributed by atoms with Crippen molar-refractivity contribution in [2.24, 2.45) is 0 Å². The topological polar surface area (TPSA) is 126 Å².